The SMILES string of the molecule is Cc1nn([C@H]2CCS(=O)(=O)C2)c(Cl)c1/C=C/C(=O)N[C@H](C)c1ccccc1. The Hall–Kier alpha value is -2.12. The molecule has 1 saturated heterocycles. The number of hydrogen-bond donors (Lipinski definition) is 1. The molecule has 0 spiro atoms. The zero-order valence-electron chi connectivity index (χ0n) is 15.2. The summed E-state index contributed by atoms with van der Waals surface area (Å²) in [5, 5.41) is 7.64. The molecule has 8 heteroatoms. The van der Waals surface area contributed by atoms with Gasteiger partial charge >= 0.3 is 0 Å². The van der Waals surface area contributed by atoms with Gasteiger partial charge < -0.3 is 5.32 Å². The molecule has 144 valence electrons. The first kappa shape index (κ1) is 19.6. The van der Waals surface area contributed by atoms with Crippen molar-refractivity contribution in [3.8, 4) is 0 Å². The number of benzene rings is 1. The van der Waals surface area contributed by atoms with Crippen molar-refractivity contribution in [2.45, 2.75) is 32.4 Å². The minimum Gasteiger partial charge on any atom is -0.346 e. The van der Waals surface area contributed by atoms with Crippen molar-refractivity contribution in [2.24, 2.45) is 0 Å². The van der Waals surface area contributed by atoms with Crippen molar-refractivity contribution in [2.75, 3.05) is 11.5 Å². The third-order valence-corrected chi connectivity index (χ3v) is 6.81. The van der Waals surface area contributed by atoms with E-state index in [-0.39, 0.29) is 29.5 Å². The molecule has 0 saturated carbocycles. The second kappa shape index (κ2) is 7.86. The molecule has 1 fully saturated rings. The first-order chi connectivity index (χ1) is 12.8. The first-order valence-electron chi connectivity index (χ1n) is 8.75. The summed E-state index contributed by atoms with van der Waals surface area (Å²) in [5.74, 6) is -0.0396. The highest BCUT2D eigenvalue weighted by Gasteiger charge is 2.31. The van der Waals surface area contributed by atoms with Gasteiger partial charge in [-0.1, -0.05) is 41.9 Å². The number of nitrogens with one attached hydrogen (secondary N) is 1. The number of halogens is 1. The molecule has 6 nitrogen and oxygen atoms in total. The third-order valence-electron chi connectivity index (χ3n) is 4.68. The molecule has 2 atom stereocenters. The number of hydrogen-bond acceptors (Lipinski definition) is 4. The van der Waals surface area contributed by atoms with Crippen LogP contribution >= 0.6 is 11.6 Å². The summed E-state index contributed by atoms with van der Waals surface area (Å²) in [4.78, 5) is 12.2. The molecule has 0 aliphatic carbocycles. The van der Waals surface area contributed by atoms with Crippen LogP contribution in [0.4, 0.5) is 0 Å². The average molecular weight is 408 g/mol. The lowest BCUT2D eigenvalue weighted by Crippen LogP contribution is -2.24. The first-order valence-corrected chi connectivity index (χ1v) is 11.0. The van der Waals surface area contributed by atoms with Gasteiger partial charge in [-0.2, -0.15) is 5.10 Å². The molecule has 2 aromatic rings. The molecule has 1 amide bonds. The van der Waals surface area contributed by atoms with Gasteiger partial charge in [0.05, 0.1) is 29.3 Å². The lowest BCUT2D eigenvalue weighted by atomic mass is 10.1. The lowest BCUT2D eigenvalue weighted by molar-refractivity contribution is -0.117. The summed E-state index contributed by atoms with van der Waals surface area (Å²) in [6.45, 7) is 3.70. The van der Waals surface area contributed by atoms with E-state index >= 15 is 0 Å². The van der Waals surface area contributed by atoms with Gasteiger partial charge in [0.1, 0.15) is 5.15 Å². The van der Waals surface area contributed by atoms with Crippen LogP contribution in [-0.4, -0.2) is 35.6 Å². The molecule has 1 aromatic carbocycles. The fraction of sp³-hybridized carbons (Fsp3) is 0.368. The summed E-state index contributed by atoms with van der Waals surface area (Å²) in [5.41, 5.74) is 2.30. The number of sulfone groups is 1. The second-order valence-corrected chi connectivity index (χ2v) is 9.35. The molecule has 0 radical (unpaired) electrons. The summed E-state index contributed by atoms with van der Waals surface area (Å²) in [7, 11) is -3.03. The number of rotatable bonds is 5. The lowest BCUT2D eigenvalue weighted by Gasteiger charge is -2.12. The van der Waals surface area contributed by atoms with Gasteiger partial charge in [0.15, 0.2) is 9.84 Å². The fourth-order valence-corrected chi connectivity index (χ4v) is 5.24. The van der Waals surface area contributed by atoms with Gasteiger partial charge in [-0.3, -0.25) is 4.79 Å². The highest BCUT2D eigenvalue weighted by atomic mass is 35.5. The van der Waals surface area contributed by atoms with Gasteiger partial charge in [0, 0.05) is 11.6 Å². The van der Waals surface area contributed by atoms with Crippen molar-refractivity contribution in [3.63, 3.8) is 0 Å². The van der Waals surface area contributed by atoms with E-state index in [0.717, 1.165) is 5.56 Å². The Morgan fingerprint density at radius 2 is 2.07 bits per heavy atom. The van der Waals surface area contributed by atoms with Crippen molar-refractivity contribution < 1.29 is 13.2 Å². The predicted octanol–water partition coefficient (Wildman–Crippen LogP) is 3.10. The van der Waals surface area contributed by atoms with Gasteiger partial charge in [-0.25, -0.2) is 13.1 Å². The van der Waals surface area contributed by atoms with Crippen LogP contribution < -0.4 is 5.32 Å². The van der Waals surface area contributed by atoms with E-state index in [2.05, 4.69) is 10.4 Å². The van der Waals surface area contributed by atoms with Crippen LogP contribution in [0.15, 0.2) is 36.4 Å². The maximum Gasteiger partial charge on any atom is 0.244 e. The molecular formula is C19H22ClN3O3S. The topological polar surface area (TPSA) is 81.1 Å². The van der Waals surface area contributed by atoms with Gasteiger partial charge in [-0.15, -0.1) is 0 Å². The molecule has 27 heavy (non-hydrogen) atoms. The number of carbonyl (C=O) groups excluding carboxylic acids is 1. The number of nitrogens with zero attached hydrogens (tertiary/aromatic N) is 2. The number of aryl methyl sites for hydroxylation is 1. The minimum atomic E-state index is -3.03. The van der Waals surface area contributed by atoms with E-state index in [9.17, 15) is 13.2 Å². The Morgan fingerprint density at radius 3 is 2.70 bits per heavy atom. The number of amides is 1. The smallest absolute Gasteiger partial charge is 0.244 e. The number of aromatic nitrogens is 2. The average Bonchev–Trinajstić information content (AvgIpc) is 3.12. The Morgan fingerprint density at radius 1 is 1.37 bits per heavy atom. The van der Waals surface area contributed by atoms with Gasteiger partial charge in [0.2, 0.25) is 5.91 Å². The molecule has 2 heterocycles. The van der Waals surface area contributed by atoms with E-state index in [1.807, 2.05) is 37.3 Å². The van der Waals surface area contributed by atoms with Crippen molar-refractivity contribution >= 4 is 33.4 Å². The monoisotopic (exact) mass is 407 g/mol. The van der Waals surface area contributed by atoms with Crippen molar-refractivity contribution in [3.05, 3.63) is 58.4 Å². The van der Waals surface area contributed by atoms with Crippen LogP contribution in [0, 0.1) is 6.92 Å². The van der Waals surface area contributed by atoms with Gasteiger partial charge in [0.25, 0.3) is 0 Å². The standard InChI is InChI=1S/C19H22ClN3O3S/c1-13(15-6-4-3-5-7-15)21-18(24)9-8-17-14(2)22-23(19(17)20)16-10-11-27(25,26)12-16/h3-9,13,16H,10-12H2,1-2H3,(H,21,24)/b9-8+/t13-,16+/m1/s1. The molecule has 0 unspecified atom stereocenters. The predicted molar refractivity (Wildman–Crippen MR) is 106 cm³/mol. The van der Waals surface area contributed by atoms with Crippen molar-refractivity contribution in [1.29, 1.82) is 0 Å². The van der Waals surface area contributed by atoms with E-state index in [1.165, 1.54) is 6.08 Å². The van der Waals surface area contributed by atoms with Crippen LogP contribution in [-0.2, 0) is 14.6 Å². The van der Waals surface area contributed by atoms with E-state index in [4.69, 9.17) is 11.6 Å². The summed E-state index contributed by atoms with van der Waals surface area (Å²) < 4.78 is 25.0. The Bertz CT molecular complexity index is 968. The molecule has 1 N–H and O–H groups in total. The normalized spacial score (nSPS) is 20.0. The van der Waals surface area contributed by atoms with Crippen LogP contribution in [0.2, 0.25) is 5.15 Å². The second-order valence-electron chi connectivity index (χ2n) is 6.77. The van der Waals surface area contributed by atoms with Crippen LogP contribution in [0.1, 0.15) is 42.2 Å². The molecular weight excluding hydrogens is 386 g/mol. The van der Waals surface area contributed by atoms with Crippen molar-refractivity contribution in [1.82, 2.24) is 15.1 Å². The quantitative estimate of drug-likeness (QED) is 0.772. The highest BCUT2D eigenvalue weighted by Crippen LogP contribution is 2.30. The summed E-state index contributed by atoms with van der Waals surface area (Å²) >= 11 is 6.41. The highest BCUT2D eigenvalue weighted by molar-refractivity contribution is 7.91. The van der Waals surface area contributed by atoms with E-state index in [1.54, 1.807) is 17.7 Å². The van der Waals surface area contributed by atoms with Crippen LogP contribution in [0.5, 0.6) is 0 Å². The third kappa shape index (κ3) is 4.59. The van der Waals surface area contributed by atoms with Crippen LogP contribution in [0.25, 0.3) is 6.08 Å². The molecule has 1 aromatic heterocycles. The van der Waals surface area contributed by atoms with E-state index in [0.29, 0.717) is 22.8 Å². The largest absolute Gasteiger partial charge is 0.346 e. The Kier molecular flexibility index (Phi) is 5.72. The molecule has 1 aliphatic heterocycles. The maximum atomic E-state index is 12.2. The number of carbonyl (C=O) groups is 1. The summed E-state index contributed by atoms with van der Waals surface area (Å²) in [6.07, 6.45) is 3.55. The Labute approximate surface area is 164 Å². The van der Waals surface area contributed by atoms with Gasteiger partial charge in [-0.05, 0) is 31.9 Å². The molecule has 1 aliphatic rings. The van der Waals surface area contributed by atoms with E-state index < -0.39 is 9.84 Å². The molecule has 0 bridgehead atoms. The van der Waals surface area contributed by atoms with Crippen LogP contribution in [0.3, 0.4) is 0 Å². The Balaban J connectivity index is 1.71. The fourth-order valence-electron chi connectivity index (χ4n) is 3.18. The maximum absolute atomic E-state index is 12.2. The zero-order chi connectivity index (χ0) is 19.6. The molecule has 3 rings (SSSR count). The summed E-state index contributed by atoms with van der Waals surface area (Å²) in [6, 6.07) is 9.31. The zero-order valence-corrected chi connectivity index (χ0v) is 16.8. The minimum absolute atomic E-state index is 0.0477.